The van der Waals surface area contributed by atoms with E-state index in [1.807, 2.05) is 0 Å². The third-order valence-electron chi connectivity index (χ3n) is 4.78. The summed E-state index contributed by atoms with van der Waals surface area (Å²) in [6, 6.07) is 9.80. The summed E-state index contributed by atoms with van der Waals surface area (Å²) in [6.45, 7) is 5.57. The smallest absolute Gasteiger partial charge is 0.417 e. The summed E-state index contributed by atoms with van der Waals surface area (Å²) >= 11 is 6.04. The summed E-state index contributed by atoms with van der Waals surface area (Å²) in [5.74, 6) is 0.218. The van der Waals surface area contributed by atoms with Crippen molar-refractivity contribution in [2.75, 3.05) is 6.54 Å². The molecule has 6 nitrogen and oxygen atoms in total. The molecule has 1 N–H and O–H groups in total. The zero-order valence-electron chi connectivity index (χ0n) is 17.9. The van der Waals surface area contributed by atoms with E-state index in [4.69, 9.17) is 16.3 Å². The number of nitrogens with zero attached hydrogens (tertiary/aromatic N) is 3. The number of nitrogens with one attached hydrogen (secondary N) is 1. The molecule has 3 aromatic rings. The predicted octanol–water partition coefficient (Wildman–Crippen LogP) is 5.22. The van der Waals surface area contributed by atoms with Gasteiger partial charge in [0.05, 0.1) is 11.1 Å². The molecular formula is C22H22ClF3N4O2. The van der Waals surface area contributed by atoms with Gasteiger partial charge >= 0.3 is 6.18 Å². The van der Waals surface area contributed by atoms with Gasteiger partial charge in [-0.15, -0.1) is 10.2 Å². The monoisotopic (exact) mass is 466 g/mol. The summed E-state index contributed by atoms with van der Waals surface area (Å²) in [5, 5.41) is 11.2. The van der Waals surface area contributed by atoms with Crippen molar-refractivity contribution in [2.24, 2.45) is 7.05 Å². The van der Waals surface area contributed by atoms with E-state index in [1.54, 1.807) is 40.0 Å². The summed E-state index contributed by atoms with van der Waals surface area (Å²) in [6.07, 6.45) is -4.54. The molecule has 1 heterocycles. The van der Waals surface area contributed by atoms with Gasteiger partial charge < -0.3 is 14.6 Å². The van der Waals surface area contributed by atoms with Crippen molar-refractivity contribution in [1.29, 1.82) is 0 Å². The minimum atomic E-state index is -4.54. The predicted molar refractivity (Wildman–Crippen MR) is 115 cm³/mol. The van der Waals surface area contributed by atoms with Crippen LogP contribution in [-0.4, -0.2) is 27.2 Å². The molecule has 0 fully saturated rings. The standard InChI is InChI=1S/C22H22ClF3N4O2/c1-5-27-19(31)15-12-13(23)10-11-17(15)32-21(2,3)20-29-28-18(30(20)4)14-8-6-7-9-16(14)22(24,25)26/h6-12H,5H2,1-4H3,(H,27,31). The summed E-state index contributed by atoms with van der Waals surface area (Å²) in [7, 11) is 1.56. The van der Waals surface area contributed by atoms with Crippen LogP contribution in [0.25, 0.3) is 11.4 Å². The van der Waals surface area contributed by atoms with Gasteiger partial charge in [-0.3, -0.25) is 4.79 Å². The van der Waals surface area contributed by atoms with Crippen molar-refractivity contribution in [2.45, 2.75) is 32.5 Å². The number of halogens is 4. The van der Waals surface area contributed by atoms with Gasteiger partial charge in [0.2, 0.25) is 0 Å². The Bertz CT molecular complexity index is 1140. The van der Waals surface area contributed by atoms with Crippen LogP contribution in [0.1, 0.15) is 42.5 Å². The Morgan fingerprint density at radius 3 is 2.50 bits per heavy atom. The van der Waals surface area contributed by atoms with Gasteiger partial charge in [0.1, 0.15) is 5.75 Å². The lowest BCUT2D eigenvalue weighted by molar-refractivity contribution is -0.137. The van der Waals surface area contributed by atoms with Gasteiger partial charge in [-0.05, 0) is 45.0 Å². The molecule has 0 bridgehead atoms. The van der Waals surface area contributed by atoms with E-state index in [0.29, 0.717) is 11.6 Å². The Morgan fingerprint density at radius 2 is 1.84 bits per heavy atom. The molecule has 0 atom stereocenters. The summed E-state index contributed by atoms with van der Waals surface area (Å²) < 4.78 is 48.0. The Morgan fingerprint density at radius 1 is 1.16 bits per heavy atom. The van der Waals surface area contributed by atoms with Crippen molar-refractivity contribution in [3.63, 3.8) is 0 Å². The third kappa shape index (κ3) is 4.72. The Hall–Kier alpha value is -3.07. The topological polar surface area (TPSA) is 69.0 Å². The first-order valence-corrected chi connectivity index (χ1v) is 10.2. The Kier molecular flexibility index (Phi) is 6.50. The minimum Gasteiger partial charge on any atom is -0.479 e. The highest BCUT2D eigenvalue weighted by atomic mass is 35.5. The molecule has 0 aliphatic rings. The number of carbonyl (C=O) groups excluding carboxylic acids is 1. The molecule has 0 spiro atoms. The van der Waals surface area contributed by atoms with Crippen molar-refractivity contribution < 1.29 is 22.7 Å². The molecular weight excluding hydrogens is 445 g/mol. The lowest BCUT2D eigenvalue weighted by atomic mass is 10.1. The zero-order chi connectivity index (χ0) is 23.7. The van der Waals surface area contributed by atoms with Gasteiger partial charge in [0, 0.05) is 24.2 Å². The van der Waals surface area contributed by atoms with E-state index in [0.717, 1.165) is 6.07 Å². The highest BCUT2D eigenvalue weighted by Crippen LogP contribution is 2.37. The van der Waals surface area contributed by atoms with Gasteiger partial charge in [0.25, 0.3) is 5.91 Å². The van der Waals surface area contributed by atoms with Crippen LogP contribution in [-0.2, 0) is 18.8 Å². The van der Waals surface area contributed by atoms with Crippen LogP contribution < -0.4 is 10.1 Å². The number of amides is 1. The van der Waals surface area contributed by atoms with Crippen molar-refractivity contribution in [3.8, 4) is 17.1 Å². The number of carbonyl (C=O) groups is 1. The fourth-order valence-corrected chi connectivity index (χ4v) is 3.53. The SMILES string of the molecule is CCNC(=O)c1cc(Cl)ccc1OC(C)(C)c1nnc(-c2ccccc2C(F)(F)F)n1C. The molecule has 3 rings (SSSR count). The van der Waals surface area contributed by atoms with E-state index in [2.05, 4.69) is 15.5 Å². The molecule has 1 amide bonds. The van der Waals surface area contributed by atoms with Gasteiger partial charge in [-0.2, -0.15) is 13.2 Å². The van der Waals surface area contributed by atoms with Crippen LogP contribution in [0.4, 0.5) is 13.2 Å². The van der Waals surface area contributed by atoms with Crippen molar-refractivity contribution >= 4 is 17.5 Å². The van der Waals surface area contributed by atoms with Gasteiger partial charge in [-0.25, -0.2) is 0 Å². The van der Waals surface area contributed by atoms with Crippen LogP contribution in [0.2, 0.25) is 5.02 Å². The molecule has 0 radical (unpaired) electrons. The maximum Gasteiger partial charge on any atom is 0.417 e. The number of ether oxygens (including phenoxy) is 1. The van der Waals surface area contributed by atoms with Gasteiger partial charge in [0.15, 0.2) is 17.2 Å². The van der Waals surface area contributed by atoms with Gasteiger partial charge in [-0.1, -0.05) is 29.8 Å². The lowest BCUT2D eigenvalue weighted by Gasteiger charge is -2.27. The largest absolute Gasteiger partial charge is 0.479 e. The Labute approximate surface area is 188 Å². The molecule has 0 saturated carbocycles. The fraction of sp³-hybridized carbons (Fsp3) is 0.318. The van der Waals surface area contributed by atoms with E-state index >= 15 is 0 Å². The number of hydrogen-bond acceptors (Lipinski definition) is 4. The average molecular weight is 467 g/mol. The van der Waals surface area contributed by atoms with Crippen LogP contribution in [0.3, 0.4) is 0 Å². The maximum atomic E-state index is 13.5. The number of alkyl halides is 3. The molecule has 0 aliphatic heterocycles. The quantitative estimate of drug-likeness (QED) is 0.541. The number of rotatable bonds is 6. The first-order valence-electron chi connectivity index (χ1n) is 9.79. The van der Waals surface area contributed by atoms with E-state index in [9.17, 15) is 18.0 Å². The van der Waals surface area contributed by atoms with E-state index in [1.165, 1.54) is 28.8 Å². The molecule has 10 heteroatoms. The fourth-order valence-electron chi connectivity index (χ4n) is 3.36. The second kappa shape index (κ2) is 8.82. The van der Waals surface area contributed by atoms with E-state index in [-0.39, 0.29) is 34.4 Å². The van der Waals surface area contributed by atoms with Crippen LogP contribution in [0.5, 0.6) is 5.75 Å². The molecule has 0 unspecified atom stereocenters. The van der Waals surface area contributed by atoms with Crippen LogP contribution >= 0.6 is 11.6 Å². The first-order chi connectivity index (χ1) is 15.0. The first kappa shape index (κ1) is 23.6. The van der Waals surface area contributed by atoms with Crippen LogP contribution in [0, 0.1) is 0 Å². The third-order valence-corrected chi connectivity index (χ3v) is 5.01. The molecule has 170 valence electrons. The Balaban J connectivity index is 2.01. The highest BCUT2D eigenvalue weighted by molar-refractivity contribution is 6.31. The van der Waals surface area contributed by atoms with Crippen LogP contribution in [0.15, 0.2) is 42.5 Å². The molecule has 0 saturated heterocycles. The lowest BCUT2D eigenvalue weighted by Crippen LogP contribution is -2.31. The second-order valence-electron chi connectivity index (χ2n) is 7.56. The number of hydrogen-bond donors (Lipinski definition) is 1. The molecule has 2 aromatic carbocycles. The molecule has 1 aromatic heterocycles. The highest BCUT2D eigenvalue weighted by Gasteiger charge is 2.36. The summed E-state index contributed by atoms with van der Waals surface area (Å²) in [4.78, 5) is 12.4. The number of aromatic nitrogens is 3. The summed E-state index contributed by atoms with van der Waals surface area (Å²) in [5.41, 5.74) is -1.80. The average Bonchev–Trinajstić information content (AvgIpc) is 3.11. The molecule has 32 heavy (non-hydrogen) atoms. The van der Waals surface area contributed by atoms with E-state index < -0.39 is 17.3 Å². The zero-order valence-corrected chi connectivity index (χ0v) is 18.7. The van der Waals surface area contributed by atoms with Crippen molar-refractivity contribution in [1.82, 2.24) is 20.1 Å². The molecule has 0 aliphatic carbocycles. The normalized spacial score (nSPS) is 12.0. The van der Waals surface area contributed by atoms with Crippen molar-refractivity contribution in [3.05, 3.63) is 64.4 Å². The second-order valence-corrected chi connectivity index (χ2v) is 8.00. The number of benzene rings is 2. The minimum absolute atomic E-state index is 0.0460. The maximum absolute atomic E-state index is 13.5.